The number of thiazole rings is 1. The summed E-state index contributed by atoms with van der Waals surface area (Å²) in [4.78, 5) is 31.5. The van der Waals surface area contributed by atoms with Gasteiger partial charge in [0.15, 0.2) is 0 Å². The van der Waals surface area contributed by atoms with Crippen molar-refractivity contribution in [3.8, 4) is 0 Å². The third-order valence-corrected chi connectivity index (χ3v) is 4.66. The van der Waals surface area contributed by atoms with Crippen LogP contribution in [0.1, 0.15) is 17.8 Å². The molecule has 6 heteroatoms. The summed E-state index contributed by atoms with van der Waals surface area (Å²) in [6.07, 6.45) is 1.42. The molecule has 2 aromatic rings. The first-order valence-electron chi connectivity index (χ1n) is 6.99. The molecule has 1 aromatic carbocycles. The van der Waals surface area contributed by atoms with Gasteiger partial charge in [0.2, 0.25) is 11.8 Å². The van der Waals surface area contributed by atoms with Gasteiger partial charge in [-0.2, -0.15) is 0 Å². The molecule has 0 atom stereocenters. The molecule has 0 unspecified atom stereocenters. The molecule has 0 aliphatic carbocycles. The van der Waals surface area contributed by atoms with E-state index in [1.54, 1.807) is 28.2 Å². The molecule has 2 amide bonds. The smallest absolute Gasteiger partial charge is 0.242 e. The largest absolute Gasteiger partial charge is 0.337 e. The lowest BCUT2D eigenvalue weighted by atomic mass is 10.3. The number of hydrogen-bond donors (Lipinski definition) is 0. The molecule has 21 heavy (non-hydrogen) atoms. The Hall–Kier alpha value is -1.95. The van der Waals surface area contributed by atoms with Crippen LogP contribution in [0.2, 0.25) is 0 Å². The predicted molar refractivity (Wildman–Crippen MR) is 81.9 cm³/mol. The van der Waals surface area contributed by atoms with Crippen LogP contribution in [0, 0.1) is 0 Å². The molecule has 3 rings (SSSR count). The number of amides is 2. The molecule has 5 nitrogen and oxygen atoms in total. The van der Waals surface area contributed by atoms with Crippen molar-refractivity contribution in [3.05, 3.63) is 29.3 Å². The van der Waals surface area contributed by atoms with Gasteiger partial charge in [-0.3, -0.25) is 9.59 Å². The maximum atomic E-state index is 12.2. The number of aromatic nitrogens is 1. The van der Waals surface area contributed by atoms with E-state index >= 15 is 0 Å². The number of rotatable bonds is 4. The van der Waals surface area contributed by atoms with Crippen molar-refractivity contribution in [1.29, 1.82) is 0 Å². The highest BCUT2D eigenvalue weighted by atomic mass is 32.1. The van der Waals surface area contributed by atoms with E-state index in [4.69, 9.17) is 0 Å². The van der Waals surface area contributed by atoms with Crippen LogP contribution < -0.4 is 0 Å². The van der Waals surface area contributed by atoms with E-state index in [-0.39, 0.29) is 18.4 Å². The van der Waals surface area contributed by atoms with Crippen molar-refractivity contribution in [3.63, 3.8) is 0 Å². The lowest BCUT2D eigenvalue weighted by Gasteiger charge is -2.20. The van der Waals surface area contributed by atoms with Gasteiger partial charge in [-0.15, -0.1) is 11.3 Å². The normalized spacial score (nSPS) is 14.9. The number of likely N-dealkylation sites (N-methyl/N-ethyl adjacent to an activating group) is 1. The first-order chi connectivity index (χ1) is 10.1. The maximum Gasteiger partial charge on any atom is 0.242 e. The second kappa shape index (κ2) is 5.81. The minimum atomic E-state index is -0.0375. The van der Waals surface area contributed by atoms with Crippen molar-refractivity contribution < 1.29 is 9.59 Å². The molecule has 1 saturated heterocycles. The van der Waals surface area contributed by atoms with Crippen molar-refractivity contribution >= 4 is 33.4 Å². The van der Waals surface area contributed by atoms with E-state index < -0.39 is 0 Å². The van der Waals surface area contributed by atoms with Gasteiger partial charge in [0.1, 0.15) is 5.01 Å². The molecule has 110 valence electrons. The van der Waals surface area contributed by atoms with E-state index in [0.717, 1.165) is 21.6 Å². The van der Waals surface area contributed by atoms with Gasteiger partial charge in [-0.25, -0.2) is 4.98 Å². The first kappa shape index (κ1) is 14.0. The SMILES string of the molecule is CN(Cc1nc2ccccc2s1)C(=O)CN1CCCC1=O. The predicted octanol–water partition coefficient (Wildman–Crippen LogP) is 1.88. The highest BCUT2D eigenvalue weighted by Crippen LogP contribution is 2.22. The summed E-state index contributed by atoms with van der Waals surface area (Å²) in [6.45, 7) is 1.36. The zero-order valence-corrected chi connectivity index (χ0v) is 12.7. The Morgan fingerprint density at radius 1 is 1.43 bits per heavy atom. The molecular weight excluding hydrogens is 286 g/mol. The van der Waals surface area contributed by atoms with Crippen LogP contribution in [0.5, 0.6) is 0 Å². The van der Waals surface area contributed by atoms with E-state index in [0.29, 0.717) is 19.5 Å². The zero-order valence-electron chi connectivity index (χ0n) is 11.9. The summed E-state index contributed by atoms with van der Waals surface area (Å²) in [5.41, 5.74) is 0.966. The fraction of sp³-hybridized carbons (Fsp3) is 0.400. The van der Waals surface area contributed by atoms with Gasteiger partial charge in [-0.1, -0.05) is 12.1 Å². The Labute approximate surface area is 127 Å². The molecule has 0 bridgehead atoms. The van der Waals surface area contributed by atoms with E-state index in [9.17, 15) is 9.59 Å². The van der Waals surface area contributed by atoms with E-state index in [1.165, 1.54) is 0 Å². The molecule has 1 fully saturated rings. The minimum absolute atomic E-state index is 0.0375. The summed E-state index contributed by atoms with van der Waals surface area (Å²) in [5, 5.41) is 0.916. The Balaban J connectivity index is 1.63. The van der Waals surface area contributed by atoms with Crippen LogP contribution >= 0.6 is 11.3 Å². The third-order valence-electron chi connectivity index (χ3n) is 3.63. The fourth-order valence-corrected chi connectivity index (χ4v) is 3.45. The lowest BCUT2D eigenvalue weighted by molar-refractivity contribution is -0.137. The Morgan fingerprint density at radius 3 is 2.95 bits per heavy atom. The quantitative estimate of drug-likeness (QED) is 0.866. The molecule has 0 saturated carbocycles. The van der Waals surface area contributed by atoms with Gasteiger partial charge in [-0.05, 0) is 18.6 Å². The van der Waals surface area contributed by atoms with Crippen LogP contribution in [0.4, 0.5) is 0 Å². The summed E-state index contributed by atoms with van der Waals surface area (Å²) >= 11 is 1.60. The Bertz CT molecular complexity index is 649. The highest BCUT2D eigenvalue weighted by Gasteiger charge is 2.24. The van der Waals surface area contributed by atoms with Crippen molar-refractivity contribution in [2.75, 3.05) is 20.1 Å². The topological polar surface area (TPSA) is 53.5 Å². The highest BCUT2D eigenvalue weighted by molar-refractivity contribution is 7.18. The summed E-state index contributed by atoms with van der Waals surface area (Å²) in [5.74, 6) is 0.0428. The van der Waals surface area contributed by atoms with Crippen LogP contribution in [0.25, 0.3) is 10.2 Å². The summed E-state index contributed by atoms with van der Waals surface area (Å²) in [7, 11) is 1.76. The number of fused-ring (bicyclic) bond motifs is 1. The van der Waals surface area contributed by atoms with Crippen LogP contribution in [-0.2, 0) is 16.1 Å². The molecule has 0 radical (unpaired) electrons. The maximum absolute atomic E-state index is 12.2. The van der Waals surface area contributed by atoms with E-state index in [1.807, 2.05) is 24.3 Å². The molecular formula is C15H17N3O2S. The second-order valence-electron chi connectivity index (χ2n) is 5.24. The average molecular weight is 303 g/mol. The molecule has 1 aliphatic heterocycles. The first-order valence-corrected chi connectivity index (χ1v) is 7.81. The zero-order chi connectivity index (χ0) is 14.8. The number of carbonyl (C=O) groups is 2. The number of para-hydroxylation sites is 1. The fourth-order valence-electron chi connectivity index (χ4n) is 2.43. The van der Waals surface area contributed by atoms with Crippen LogP contribution in [-0.4, -0.2) is 46.7 Å². The number of carbonyl (C=O) groups excluding carboxylic acids is 2. The Morgan fingerprint density at radius 2 is 2.24 bits per heavy atom. The second-order valence-corrected chi connectivity index (χ2v) is 6.36. The lowest BCUT2D eigenvalue weighted by Crippen LogP contribution is -2.38. The number of hydrogen-bond acceptors (Lipinski definition) is 4. The van der Waals surface area contributed by atoms with Crippen LogP contribution in [0.3, 0.4) is 0 Å². The summed E-state index contributed by atoms with van der Waals surface area (Å²) < 4.78 is 1.13. The van der Waals surface area contributed by atoms with Gasteiger partial charge in [0.25, 0.3) is 0 Å². The van der Waals surface area contributed by atoms with Gasteiger partial charge in [0, 0.05) is 20.0 Å². The van der Waals surface area contributed by atoms with Gasteiger partial charge in [0.05, 0.1) is 23.3 Å². The van der Waals surface area contributed by atoms with Crippen molar-refractivity contribution in [2.45, 2.75) is 19.4 Å². The minimum Gasteiger partial charge on any atom is -0.337 e. The molecule has 1 aromatic heterocycles. The van der Waals surface area contributed by atoms with Gasteiger partial charge < -0.3 is 9.80 Å². The van der Waals surface area contributed by atoms with Crippen molar-refractivity contribution in [2.24, 2.45) is 0 Å². The van der Waals surface area contributed by atoms with E-state index in [2.05, 4.69) is 4.98 Å². The molecule has 0 N–H and O–H groups in total. The summed E-state index contributed by atoms with van der Waals surface area (Å²) in [6, 6.07) is 7.94. The number of benzene rings is 1. The van der Waals surface area contributed by atoms with Crippen molar-refractivity contribution in [1.82, 2.24) is 14.8 Å². The average Bonchev–Trinajstić information content (AvgIpc) is 3.04. The Kier molecular flexibility index (Phi) is 3.88. The molecule has 2 heterocycles. The number of nitrogens with zero attached hydrogens (tertiary/aromatic N) is 3. The number of likely N-dealkylation sites (tertiary alicyclic amines) is 1. The standard InChI is InChI=1S/C15H17N3O2S/c1-17(15(20)10-18-8-4-7-14(18)19)9-13-16-11-5-2-3-6-12(11)21-13/h2-3,5-6H,4,7-10H2,1H3. The third kappa shape index (κ3) is 3.05. The molecule has 0 spiro atoms. The monoisotopic (exact) mass is 303 g/mol. The van der Waals surface area contributed by atoms with Gasteiger partial charge >= 0.3 is 0 Å². The van der Waals surface area contributed by atoms with Crippen LogP contribution in [0.15, 0.2) is 24.3 Å². The molecule has 1 aliphatic rings.